The number of aryl methyl sites for hydroxylation is 1. The fourth-order valence-corrected chi connectivity index (χ4v) is 1.46. The zero-order chi connectivity index (χ0) is 12.7. The van der Waals surface area contributed by atoms with Crippen LogP contribution in [0.25, 0.3) is 0 Å². The Bertz CT molecular complexity index is 335. The normalized spacial score (nSPS) is 12.5. The molecule has 17 heavy (non-hydrogen) atoms. The summed E-state index contributed by atoms with van der Waals surface area (Å²) in [7, 11) is 0. The number of nitrogens with two attached hydrogens (primary N) is 1. The first-order chi connectivity index (χ1) is 8.09. The Labute approximate surface area is 103 Å². The highest BCUT2D eigenvalue weighted by molar-refractivity contribution is 5.76. The lowest BCUT2D eigenvalue weighted by molar-refractivity contribution is -0.121. The Morgan fingerprint density at radius 1 is 1.29 bits per heavy atom. The number of carbonyl (C=O) groups excluding carboxylic acids is 1. The highest BCUT2D eigenvalue weighted by Crippen LogP contribution is 2.02. The minimum atomic E-state index is 0.0377. The molecule has 0 spiro atoms. The quantitative estimate of drug-likeness (QED) is 0.787. The number of rotatable bonds is 6. The van der Waals surface area contributed by atoms with E-state index < -0.39 is 0 Å². The van der Waals surface area contributed by atoms with Gasteiger partial charge in [-0.3, -0.25) is 4.79 Å². The molecule has 1 amide bonds. The van der Waals surface area contributed by atoms with Gasteiger partial charge >= 0.3 is 0 Å². The molecule has 3 nitrogen and oxygen atoms in total. The van der Waals surface area contributed by atoms with Crippen LogP contribution in [0.15, 0.2) is 30.3 Å². The molecule has 0 fully saturated rings. The average molecular weight is 234 g/mol. The van der Waals surface area contributed by atoms with E-state index in [2.05, 4.69) is 19.2 Å². The highest BCUT2D eigenvalue weighted by Gasteiger charge is 2.09. The molecule has 94 valence electrons. The fraction of sp³-hybridized carbons (Fsp3) is 0.500. The third kappa shape index (κ3) is 5.50. The first kappa shape index (κ1) is 13.7. The number of carbonyl (C=O) groups is 1. The summed E-state index contributed by atoms with van der Waals surface area (Å²) in [6.45, 7) is 4.67. The Morgan fingerprint density at radius 2 is 1.94 bits per heavy atom. The molecule has 1 rings (SSSR count). The summed E-state index contributed by atoms with van der Waals surface area (Å²) in [4.78, 5) is 11.6. The number of hydrogen-bond acceptors (Lipinski definition) is 2. The number of hydrogen-bond donors (Lipinski definition) is 2. The second kappa shape index (κ2) is 7.07. The van der Waals surface area contributed by atoms with E-state index in [9.17, 15) is 4.79 Å². The molecule has 0 aliphatic heterocycles. The van der Waals surface area contributed by atoms with E-state index in [1.165, 1.54) is 5.56 Å². The average Bonchev–Trinajstić information content (AvgIpc) is 2.34. The van der Waals surface area contributed by atoms with Gasteiger partial charge in [0.15, 0.2) is 0 Å². The summed E-state index contributed by atoms with van der Waals surface area (Å²) in [6, 6.07) is 10.1. The summed E-state index contributed by atoms with van der Waals surface area (Å²) in [5.74, 6) is 0.467. The smallest absolute Gasteiger partial charge is 0.220 e. The first-order valence-corrected chi connectivity index (χ1v) is 6.16. The van der Waals surface area contributed by atoms with Crippen molar-refractivity contribution >= 4 is 5.91 Å². The molecule has 1 aromatic rings. The molecule has 0 saturated carbocycles. The summed E-state index contributed by atoms with van der Waals surface area (Å²) in [5, 5.41) is 2.87. The number of nitrogens with one attached hydrogen (secondary N) is 1. The molecule has 0 aromatic heterocycles. The van der Waals surface area contributed by atoms with Gasteiger partial charge in [0.25, 0.3) is 0 Å². The van der Waals surface area contributed by atoms with Gasteiger partial charge in [-0.05, 0) is 17.9 Å². The molecule has 1 atom stereocenters. The summed E-state index contributed by atoms with van der Waals surface area (Å²) >= 11 is 0. The van der Waals surface area contributed by atoms with Crippen molar-refractivity contribution in [2.24, 2.45) is 11.7 Å². The van der Waals surface area contributed by atoms with Crippen molar-refractivity contribution in [1.29, 1.82) is 0 Å². The molecule has 0 bridgehead atoms. The van der Waals surface area contributed by atoms with Crippen LogP contribution in [0.4, 0.5) is 0 Å². The van der Waals surface area contributed by atoms with Gasteiger partial charge < -0.3 is 11.1 Å². The molecular formula is C14H22N2O. The molecule has 3 N–H and O–H groups in total. The van der Waals surface area contributed by atoms with Crippen molar-refractivity contribution in [2.45, 2.75) is 32.7 Å². The number of benzene rings is 1. The molecule has 0 saturated heterocycles. The minimum absolute atomic E-state index is 0.0377. The lowest BCUT2D eigenvalue weighted by Gasteiger charge is -2.16. The van der Waals surface area contributed by atoms with E-state index in [1.54, 1.807) is 0 Å². The van der Waals surface area contributed by atoms with Crippen LogP contribution in [0.2, 0.25) is 0 Å². The molecule has 1 aromatic carbocycles. The van der Waals surface area contributed by atoms with Crippen LogP contribution in [0, 0.1) is 5.92 Å². The van der Waals surface area contributed by atoms with E-state index in [4.69, 9.17) is 5.73 Å². The van der Waals surface area contributed by atoms with Gasteiger partial charge in [0.2, 0.25) is 5.91 Å². The number of amides is 1. The maximum absolute atomic E-state index is 11.6. The van der Waals surface area contributed by atoms with Crippen LogP contribution in [0.3, 0.4) is 0 Å². The molecule has 3 heteroatoms. The van der Waals surface area contributed by atoms with E-state index in [0.717, 1.165) is 6.42 Å². The molecule has 0 aliphatic rings. The highest BCUT2D eigenvalue weighted by atomic mass is 16.1. The van der Waals surface area contributed by atoms with Crippen LogP contribution >= 0.6 is 0 Å². The maximum atomic E-state index is 11.6. The topological polar surface area (TPSA) is 55.1 Å². The summed E-state index contributed by atoms with van der Waals surface area (Å²) in [5.41, 5.74) is 7.05. The molecule has 0 heterocycles. The van der Waals surface area contributed by atoms with Crippen LogP contribution in [-0.4, -0.2) is 18.5 Å². The Hall–Kier alpha value is -1.35. The van der Waals surface area contributed by atoms with Crippen LogP contribution < -0.4 is 11.1 Å². The minimum Gasteiger partial charge on any atom is -0.355 e. The predicted octanol–water partition coefficient (Wildman–Crippen LogP) is 1.72. The maximum Gasteiger partial charge on any atom is 0.220 e. The molecular weight excluding hydrogens is 212 g/mol. The van der Waals surface area contributed by atoms with Gasteiger partial charge in [0.05, 0.1) is 0 Å². The fourth-order valence-electron chi connectivity index (χ4n) is 1.46. The van der Waals surface area contributed by atoms with Crippen molar-refractivity contribution in [1.82, 2.24) is 5.32 Å². The monoisotopic (exact) mass is 234 g/mol. The second-order valence-electron chi connectivity index (χ2n) is 4.70. The molecule has 1 unspecified atom stereocenters. The van der Waals surface area contributed by atoms with E-state index in [0.29, 0.717) is 18.9 Å². The first-order valence-electron chi connectivity index (χ1n) is 6.16. The van der Waals surface area contributed by atoms with Gasteiger partial charge in [0.1, 0.15) is 0 Å². The molecule has 0 radical (unpaired) electrons. The second-order valence-corrected chi connectivity index (χ2v) is 4.70. The van der Waals surface area contributed by atoms with Crippen LogP contribution in [0.1, 0.15) is 25.8 Å². The Morgan fingerprint density at radius 3 is 2.53 bits per heavy atom. The lowest BCUT2D eigenvalue weighted by Crippen LogP contribution is -2.40. The van der Waals surface area contributed by atoms with Crippen molar-refractivity contribution in [3.63, 3.8) is 0 Å². The van der Waals surface area contributed by atoms with E-state index in [1.807, 2.05) is 30.3 Å². The van der Waals surface area contributed by atoms with E-state index in [-0.39, 0.29) is 11.9 Å². The third-order valence-electron chi connectivity index (χ3n) is 2.87. The third-order valence-corrected chi connectivity index (χ3v) is 2.87. The Balaban J connectivity index is 2.22. The zero-order valence-electron chi connectivity index (χ0n) is 10.6. The van der Waals surface area contributed by atoms with Gasteiger partial charge in [-0.15, -0.1) is 0 Å². The Kier molecular flexibility index (Phi) is 5.70. The van der Waals surface area contributed by atoms with Gasteiger partial charge in [-0.2, -0.15) is 0 Å². The van der Waals surface area contributed by atoms with E-state index >= 15 is 0 Å². The van der Waals surface area contributed by atoms with Gasteiger partial charge in [0, 0.05) is 19.0 Å². The largest absolute Gasteiger partial charge is 0.355 e. The SMILES string of the molecule is CC(C)C(N)CNC(=O)CCc1ccccc1. The summed E-state index contributed by atoms with van der Waals surface area (Å²) < 4.78 is 0. The molecule has 0 aliphatic carbocycles. The lowest BCUT2D eigenvalue weighted by atomic mass is 10.1. The van der Waals surface area contributed by atoms with Crippen molar-refractivity contribution in [2.75, 3.05) is 6.54 Å². The summed E-state index contributed by atoms with van der Waals surface area (Å²) in [6.07, 6.45) is 1.30. The van der Waals surface area contributed by atoms with Crippen LogP contribution in [0.5, 0.6) is 0 Å². The van der Waals surface area contributed by atoms with Crippen molar-refractivity contribution < 1.29 is 4.79 Å². The predicted molar refractivity (Wildman–Crippen MR) is 70.6 cm³/mol. The van der Waals surface area contributed by atoms with Crippen molar-refractivity contribution in [3.8, 4) is 0 Å². The zero-order valence-corrected chi connectivity index (χ0v) is 10.6. The standard InChI is InChI=1S/C14H22N2O/c1-11(2)13(15)10-16-14(17)9-8-12-6-4-3-5-7-12/h3-7,11,13H,8-10,15H2,1-2H3,(H,16,17). The van der Waals surface area contributed by atoms with Gasteiger partial charge in [-0.1, -0.05) is 44.2 Å². The van der Waals surface area contributed by atoms with Crippen LogP contribution in [-0.2, 0) is 11.2 Å². The van der Waals surface area contributed by atoms with Crippen molar-refractivity contribution in [3.05, 3.63) is 35.9 Å². The van der Waals surface area contributed by atoms with Gasteiger partial charge in [-0.25, -0.2) is 0 Å².